The fourth-order valence-electron chi connectivity index (χ4n) is 1.52. The number of thiophene rings is 1. The molecule has 0 amide bonds. The molecule has 0 spiro atoms. The molecule has 0 fully saturated rings. The molecule has 3 nitrogen and oxygen atoms in total. The third-order valence-electron chi connectivity index (χ3n) is 2.24. The van der Waals surface area contributed by atoms with Crippen molar-refractivity contribution in [3.63, 3.8) is 0 Å². The van der Waals surface area contributed by atoms with Gasteiger partial charge in [0.05, 0.1) is 17.0 Å². The quantitative estimate of drug-likeness (QED) is 0.743. The van der Waals surface area contributed by atoms with Crippen LogP contribution in [0.2, 0.25) is 0 Å². The third kappa shape index (κ3) is 2.15. The lowest BCUT2D eigenvalue weighted by Crippen LogP contribution is -2.06. The summed E-state index contributed by atoms with van der Waals surface area (Å²) >= 11 is 1.48. The van der Waals surface area contributed by atoms with Crippen LogP contribution in [0.5, 0.6) is 0 Å². The van der Waals surface area contributed by atoms with E-state index < -0.39 is 0 Å². The number of carbonyl (C=O) groups excluding carboxylic acids is 1. The van der Waals surface area contributed by atoms with Crippen molar-refractivity contribution in [1.82, 2.24) is 9.78 Å². The predicted octanol–water partition coefficient (Wildman–Crippen LogP) is 2.22. The van der Waals surface area contributed by atoms with Gasteiger partial charge in [0.2, 0.25) is 0 Å². The summed E-state index contributed by atoms with van der Waals surface area (Å²) in [6.07, 6.45) is 0.428. The Balaban J connectivity index is 2.16. The minimum absolute atomic E-state index is 0.160. The summed E-state index contributed by atoms with van der Waals surface area (Å²) in [5.74, 6) is 0.160. The Morgan fingerprint density at radius 3 is 2.93 bits per heavy atom. The highest BCUT2D eigenvalue weighted by Crippen LogP contribution is 2.13. The fourth-order valence-corrected chi connectivity index (χ4v) is 2.18. The molecule has 0 aromatic carbocycles. The molecule has 0 unspecified atom stereocenters. The molecule has 78 valence electrons. The van der Waals surface area contributed by atoms with E-state index >= 15 is 0 Å². The number of ketones is 1. The molecular formula is C11H12N2OS. The van der Waals surface area contributed by atoms with Gasteiger partial charge in [0.1, 0.15) is 0 Å². The first-order valence-corrected chi connectivity index (χ1v) is 5.61. The van der Waals surface area contributed by atoms with Gasteiger partial charge in [-0.25, -0.2) is 0 Å². The number of Topliss-reactive ketones (excluding diaryl/α,β-unsaturated/α-hetero) is 1. The predicted molar refractivity (Wildman–Crippen MR) is 60.3 cm³/mol. The van der Waals surface area contributed by atoms with Crippen molar-refractivity contribution in [3.05, 3.63) is 39.8 Å². The van der Waals surface area contributed by atoms with Gasteiger partial charge in [0.15, 0.2) is 5.78 Å². The SMILES string of the molecule is Cc1cc(CC(=O)c2cccs2)n(C)n1. The summed E-state index contributed by atoms with van der Waals surface area (Å²) in [7, 11) is 1.87. The van der Waals surface area contributed by atoms with Crippen LogP contribution in [0.4, 0.5) is 0 Å². The summed E-state index contributed by atoms with van der Waals surface area (Å²) < 4.78 is 1.76. The van der Waals surface area contributed by atoms with Crippen LogP contribution >= 0.6 is 11.3 Å². The Morgan fingerprint density at radius 1 is 1.60 bits per heavy atom. The Kier molecular flexibility index (Phi) is 2.68. The van der Waals surface area contributed by atoms with Crippen molar-refractivity contribution >= 4 is 17.1 Å². The Labute approximate surface area is 92.4 Å². The number of aryl methyl sites for hydroxylation is 2. The normalized spacial score (nSPS) is 10.5. The third-order valence-corrected chi connectivity index (χ3v) is 3.15. The van der Waals surface area contributed by atoms with Gasteiger partial charge < -0.3 is 0 Å². The molecule has 0 aliphatic heterocycles. The van der Waals surface area contributed by atoms with E-state index in [2.05, 4.69) is 5.10 Å². The van der Waals surface area contributed by atoms with Crippen LogP contribution in [0.15, 0.2) is 23.6 Å². The number of hydrogen-bond donors (Lipinski definition) is 0. The van der Waals surface area contributed by atoms with Crippen molar-refractivity contribution in [3.8, 4) is 0 Å². The molecule has 4 heteroatoms. The molecule has 0 aliphatic rings. The topological polar surface area (TPSA) is 34.9 Å². The van der Waals surface area contributed by atoms with Crippen LogP contribution in [-0.4, -0.2) is 15.6 Å². The maximum Gasteiger partial charge on any atom is 0.178 e. The second-order valence-corrected chi connectivity index (χ2v) is 4.43. The van der Waals surface area contributed by atoms with E-state index in [4.69, 9.17) is 0 Å². The van der Waals surface area contributed by atoms with Gasteiger partial charge in [0.25, 0.3) is 0 Å². The molecule has 0 aliphatic carbocycles. The average Bonchev–Trinajstić information content (AvgIpc) is 2.76. The first-order valence-electron chi connectivity index (χ1n) is 4.73. The molecule has 2 heterocycles. The average molecular weight is 220 g/mol. The lowest BCUT2D eigenvalue weighted by Gasteiger charge is -1.98. The zero-order valence-corrected chi connectivity index (χ0v) is 9.54. The number of rotatable bonds is 3. The first-order chi connectivity index (χ1) is 7.16. The van der Waals surface area contributed by atoms with Gasteiger partial charge in [-0.05, 0) is 24.4 Å². The minimum atomic E-state index is 0.160. The minimum Gasteiger partial charge on any atom is -0.293 e. The van der Waals surface area contributed by atoms with Crippen molar-refractivity contribution in [2.75, 3.05) is 0 Å². The molecular weight excluding hydrogens is 208 g/mol. The Hall–Kier alpha value is -1.42. The number of carbonyl (C=O) groups is 1. The molecule has 0 saturated carbocycles. The van der Waals surface area contributed by atoms with E-state index in [1.165, 1.54) is 11.3 Å². The smallest absolute Gasteiger partial charge is 0.178 e. The molecule has 0 saturated heterocycles. The summed E-state index contributed by atoms with van der Waals surface area (Å²) in [4.78, 5) is 12.6. The van der Waals surface area contributed by atoms with Crippen molar-refractivity contribution in [2.24, 2.45) is 7.05 Å². The molecule has 0 atom stereocenters. The van der Waals surface area contributed by atoms with Crippen molar-refractivity contribution in [2.45, 2.75) is 13.3 Å². The van der Waals surface area contributed by atoms with Gasteiger partial charge in [-0.2, -0.15) is 5.10 Å². The lowest BCUT2D eigenvalue weighted by atomic mass is 10.2. The fraction of sp³-hybridized carbons (Fsp3) is 0.273. The molecule has 0 bridgehead atoms. The second kappa shape index (κ2) is 3.98. The first kappa shape index (κ1) is 10.1. The van der Waals surface area contributed by atoms with Crippen LogP contribution in [-0.2, 0) is 13.5 Å². The van der Waals surface area contributed by atoms with E-state index in [0.29, 0.717) is 6.42 Å². The highest BCUT2D eigenvalue weighted by Gasteiger charge is 2.11. The van der Waals surface area contributed by atoms with Crippen LogP contribution in [0.3, 0.4) is 0 Å². The highest BCUT2D eigenvalue weighted by molar-refractivity contribution is 7.12. The molecule has 2 aromatic heterocycles. The lowest BCUT2D eigenvalue weighted by molar-refractivity contribution is 0.0994. The zero-order chi connectivity index (χ0) is 10.8. The van der Waals surface area contributed by atoms with Gasteiger partial charge in [-0.3, -0.25) is 9.48 Å². The van der Waals surface area contributed by atoms with E-state index in [-0.39, 0.29) is 5.78 Å². The molecule has 2 aromatic rings. The Morgan fingerprint density at radius 2 is 2.40 bits per heavy atom. The van der Waals surface area contributed by atoms with Gasteiger partial charge in [-0.15, -0.1) is 11.3 Å². The number of hydrogen-bond acceptors (Lipinski definition) is 3. The maximum absolute atomic E-state index is 11.8. The van der Waals surface area contributed by atoms with Gasteiger partial charge in [0, 0.05) is 12.7 Å². The maximum atomic E-state index is 11.8. The van der Waals surface area contributed by atoms with Gasteiger partial charge >= 0.3 is 0 Å². The summed E-state index contributed by atoms with van der Waals surface area (Å²) in [5, 5.41) is 6.13. The molecule has 0 N–H and O–H groups in total. The number of aromatic nitrogens is 2. The van der Waals surface area contributed by atoms with E-state index in [1.807, 2.05) is 37.6 Å². The highest BCUT2D eigenvalue weighted by atomic mass is 32.1. The summed E-state index contributed by atoms with van der Waals surface area (Å²) in [6.45, 7) is 1.93. The van der Waals surface area contributed by atoms with E-state index in [1.54, 1.807) is 4.68 Å². The van der Waals surface area contributed by atoms with Crippen LogP contribution < -0.4 is 0 Å². The largest absolute Gasteiger partial charge is 0.293 e. The van der Waals surface area contributed by atoms with Crippen LogP contribution in [0.1, 0.15) is 21.1 Å². The molecule has 15 heavy (non-hydrogen) atoms. The van der Waals surface area contributed by atoms with E-state index in [0.717, 1.165) is 16.3 Å². The zero-order valence-electron chi connectivity index (χ0n) is 8.73. The van der Waals surface area contributed by atoms with Gasteiger partial charge in [-0.1, -0.05) is 6.07 Å². The molecule has 0 radical (unpaired) electrons. The van der Waals surface area contributed by atoms with E-state index in [9.17, 15) is 4.79 Å². The molecule has 2 rings (SSSR count). The standard InChI is InChI=1S/C11H12N2OS/c1-8-6-9(13(2)12-8)7-10(14)11-4-3-5-15-11/h3-6H,7H2,1-2H3. The van der Waals surface area contributed by atoms with Crippen molar-refractivity contribution in [1.29, 1.82) is 0 Å². The second-order valence-electron chi connectivity index (χ2n) is 3.48. The Bertz CT molecular complexity index is 471. The monoisotopic (exact) mass is 220 g/mol. The van der Waals surface area contributed by atoms with Crippen LogP contribution in [0, 0.1) is 6.92 Å². The summed E-state index contributed by atoms with van der Waals surface area (Å²) in [5.41, 5.74) is 1.91. The summed E-state index contributed by atoms with van der Waals surface area (Å²) in [6, 6.07) is 5.70. The van der Waals surface area contributed by atoms with Crippen LogP contribution in [0.25, 0.3) is 0 Å². The van der Waals surface area contributed by atoms with Crippen molar-refractivity contribution < 1.29 is 4.79 Å². The number of nitrogens with zero attached hydrogens (tertiary/aromatic N) is 2.